The summed E-state index contributed by atoms with van der Waals surface area (Å²) in [6.07, 6.45) is 1.93. The van der Waals surface area contributed by atoms with Crippen LogP contribution in [-0.4, -0.2) is 22.1 Å². The SMILES string of the molecule is O=C(Cc1ccccn1)N[C@H]1c2ccccc2C[C@H]1O. The third kappa shape index (κ3) is 2.56. The Kier molecular flexibility index (Phi) is 3.48. The maximum absolute atomic E-state index is 12.1. The summed E-state index contributed by atoms with van der Waals surface area (Å²) in [5.41, 5.74) is 2.84. The molecular formula is C16H16N2O2. The van der Waals surface area contributed by atoms with Gasteiger partial charge in [-0.05, 0) is 23.3 Å². The fourth-order valence-electron chi connectivity index (χ4n) is 2.64. The van der Waals surface area contributed by atoms with Crippen molar-refractivity contribution >= 4 is 5.91 Å². The average molecular weight is 268 g/mol. The molecule has 2 atom stereocenters. The topological polar surface area (TPSA) is 62.2 Å². The summed E-state index contributed by atoms with van der Waals surface area (Å²) < 4.78 is 0. The molecule has 1 aliphatic carbocycles. The van der Waals surface area contributed by atoms with Crippen LogP contribution in [0.2, 0.25) is 0 Å². The zero-order valence-electron chi connectivity index (χ0n) is 11.0. The lowest BCUT2D eigenvalue weighted by atomic mass is 10.1. The van der Waals surface area contributed by atoms with Gasteiger partial charge in [0.15, 0.2) is 0 Å². The van der Waals surface area contributed by atoms with E-state index in [1.165, 1.54) is 0 Å². The Bertz CT molecular complexity index is 613. The zero-order valence-corrected chi connectivity index (χ0v) is 11.0. The molecule has 2 N–H and O–H groups in total. The average Bonchev–Trinajstić information content (AvgIpc) is 2.76. The lowest BCUT2D eigenvalue weighted by Crippen LogP contribution is -2.34. The van der Waals surface area contributed by atoms with E-state index >= 15 is 0 Å². The van der Waals surface area contributed by atoms with Gasteiger partial charge in [-0.15, -0.1) is 0 Å². The second-order valence-corrected chi connectivity index (χ2v) is 5.01. The van der Waals surface area contributed by atoms with Crippen molar-refractivity contribution in [3.05, 3.63) is 65.5 Å². The van der Waals surface area contributed by atoms with E-state index in [4.69, 9.17) is 0 Å². The number of carbonyl (C=O) groups is 1. The molecule has 20 heavy (non-hydrogen) atoms. The van der Waals surface area contributed by atoms with Gasteiger partial charge in [-0.3, -0.25) is 9.78 Å². The zero-order chi connectivity index (χ0) is 13.9. The van der Waals surface area contributed by atoms with Gasteiger partial charge in [-0.25, -0.2) is 0 Å². The quantitative estimate of drug-likeness (QED) is 0.884. The van der Waals surface area contributed by atoms with Crippen molar-refractivity contribution in [2.24, 2.45) is 0 Å². The molecule has 102 valence electrons. The molecule has 0 fully saturated rings. The van der Waals surface area contributed by atoms with Crippen molar-refractivity contribution in [2.75, 3.05) is 0 Å². The Labute approximate surface area is 117 Å². The normalized spacial score (nSPS) is 20.4. The molecule has 1 aromatic heterocycles. The molecule has 4 heteroatoms. The van der Waals surface area contributed by atoms with Gasteiger partial charge in [0, 0.05) is 18.3 Å². The summed E-state index contributed by atoms with van der Waals surface area (Å²) in [6.45, 7) is 0. The Hall–Kier alpha value is -2.20. The highest BCUT2D eigenvalue weighted by Gasteiger charge is 2.31. The maximum atomic E-state index is 12.1. The van der Waals surface area contributed by atoms with Crippen molar-refractivity contribution in [3.63, 3.8) is 0 Å². The first kappa shape index (κ1) is 12.8. The predicted molar refractivity (Wildman–Crippen MR) is 75.0 cm³/mol. The third-order valence-electron chi connectivity index (χ3n) is 3.59. The fourth-order valence-corrected chi connectivity index (χ4v) is 2.64. The van der Waals surface area contributed by atoms with E-state index in [9.17, 15) is 9.90 Å². The largest absolute Gasteiger partial charge is 0.390 e. The number of aromatic nitrogens is 1. The molecule has 0 radical (unpaired) electrons. The number of nitrogens with one attached hydrogen (secondary N) is 1. The lowest BCUT2D eigenvalue weighted by molar-refractivity contribution is -0.122. The van der Waals surface area contributed by atoms with Crippen molar-refractivity contribution in [1.29, 1.82) is 0 Å². The highest BCUT2D eigenvalue weighted by molar-refractivity contribution is 5.78. The van der Waals surface area contributed by atoms with Crippen LogP contribution in [0.5, 0.6) is 0 Å². The third-order valence-corrected chi connectivity index (χ3v) is 3.59. The van der Waals surface area contributed by atoms with E-state index in [-0.39, 0.29) is 18.4 Å². The molecule has 0 saturated carbocycles. The van der Waals surface area contributed by atoms with Gasteiger partial charge in [0.25, 0.3) is 0 Å². The number of benzene rings is 1. The monoisotopic (exact) mass is 268 g/mol. The van der Waals surface area contributed by atoms with Crippen molar-refractivity contribution in [3.8, 4) is 0 Å². The minimum absolute atomic E-state index is 0.121. The molecule has 1 amide bonds. The number of fused-ring (bicyclic) bond motifs is 1. The van der Waals surface area contributed by atoms with E-state index < -0.39 is 6.10 Å². The highest BCUT2D eigenvalue weighted by atomic mass is 16.3. The van der Waals surface area contributed by atoms with Crippen LogP contribution in [-0.2, 0) is 17.6 Å². The Morgan fingerprint density at radius 3 is 2.85 bits per heavy atom. The second kappa shape index (κ2) is 5.43. The summed E-state index contributed by atoms with van der Waals surface area (Å²) in [6, 6.07) is 13.0. The molecule has 0 saturated heterocycles. The number of hydrogen-bond donors (Lipinski definition) is 2. The van der Waals surface area contributed by atoms with E-state index in [1.54, 1.807) is 6.20 Å². The summed E-state index contributed by atoms with van der Waals surface area (Å²) in [7, 11) is 0. The number of rotatable bonds is 3. The number of hydrogen-bond acceptors (Lipinski definition) is 3. The summed E-state index contributed by atoms with van der Waals surface area (Å²) in [5.74, 6) is -0.121. The highest BCUT2D eigenvalue weighted by Crippen LogP contribution is 2.31. The molecule has 1 aromatic carbocycles. The van der Waals surface area contributed by atoms with Crippen LogP contribution >= 0.6 is 0 Å². The van der Waals surface area contributed by atoms with Gasteiger partial charge in [-0.2, -0.15) is 0 Å². The van der Waals surface area contributed by atoms with Crippen LogP contribution in [0.1, 0.15) is 22.9 Å². The van der Waals surface area contributed by atoms with E-state index in [0.29, 0.717) is 6.42 Å². The van der Waals surface area contributed by atoms with Gasteiger partial charge in [0.1, 0.15) is 0 Å². The number of aliphatic hydroxyl groups excluding tert-OH is 1. The van der Waals surface area contributed by atoms with Crippen molar-refractivity contribution < 1.29 is 9.90 Å². The molecule has 0 spiro atoms. The first-order valence-electron chi connectivity index (χ1n) is 6.69. The summed E-state index contributed by atoms with van der Waals surface area (Å²) >= 11 is 0. The first-order valence-corrected chi connectivity index (χ1v) is 6.69. The van der Waals surface area contributed by atoms with Crippen LogP contribution in [0.25, 0.3) is 0 Å². The van der Waals surface area contributed by atoms with Crippen LogP contribution in [0.4, 0.5) is 0 Å². The minimum atomic E-state index is -0.555. The minimum Gasteiger partial charge on any atom is -0.390 e. The van der Waals surface area contributed by atoms with Gasteiger partial charge >= 0.3 is 0 Å². The Morgan fingerprint density at radius 2 is 2.05 bits per heavy atom. The maximum Gasteiger partial charge on any atom is 0.226 e. The second-order valence-electron chi connectivity index (χ2n) is 5.01. The molecule has 1 aliphatic rings. The van der Waals surface area contributed by atoms with Crippen LogP contribution < -0.4 is 5.32 Å². The standard InChI is InChI=1S/C16H16N2O2/c19-14-9-11-5-1-2-7-13(11)16(14)18-15(20)10-12-6-3-4-8-17-12/h1-8,14,16,19H,9-10H2,(H,18,20)/t14-,16+/m1/s1. The van der Waals surface area contributed by atoms with Crippen LogP contribution in [0.15, 0.2) is 48.7 Å². The van der Waals surface area contributed by atoms with E-state index in [1.807, 2.05) is 42.5 Å². The molecular weight excluding hydrogens is 252 g/mol. The van der Waals surface area contributed by atoms with Gasteiger partial charge in [0.2, 0.25) is 5.91 Å². The molecule has 4 nitrogen and oxygen atoms in total. The van der Waals surface area contributed by atoms with E-state index in [2.05, 4.69) is 10.3 Å². The van der Waals surface area contributed by atoms with Crippen LogP contribution in [0, 0.1) is 0 Å². The number of carbonyl (C=O) groups excluding carboxylic acids is 1. The summed E-state index contributed by atoms with van der Waals surface area (Å²) in [4.78, 5) is 16.2. The van der Waals surface area contributed by atoms with E-state index in [0.717, 1.165) is 16.8 Å². The smallest absolute Gasteiger partial charge is 0.226 e. The number of pyridine rings is 1. The molecule has 0 unspecified atom stereocenters. The molecule has 0 aliphatic heterocycles. The molecule has 3 rings (SSSR count). The predicted octanol–water partition coefficient (Wildman–Crippen LogP) is 1.40. The van der Waals surface area contributed by atoms with Gasteiger partial charge in [-0.1, -0.05) is 30.3 Å². The van der Waals surface area contributed by atoms with Gasteiger partial charge < -0.3 is 10.4 Å². The number of nitrogens with zero attached hydrogens (tertiary/aromatic N) is 1. The number of aliphatic hydroxyl groups is 1. The fraction of sp³-hybridized carbons (Fsp3) is 0.250. The first-order chi connectivity index (χ1) is 9.74. The molecule has 2 aromatic rings. The number of amides is 1. The molecule has 0 bridgehead atoms. The lowest BCUT2D eigenvalue weighted by Gasteiger charge is -2.17. The Balaban J connectivity index is 1.70. The van der Waals surface area contributed by atoms with Crippen molar-refractivity contribution in [1.82, 2.24) is 10.3 Å². The Morgan fingerprint density at radius 1 is 1.25 bits per heavy atom. The van der Waals surface area contributed by atoms with Gasteiger partial charge in [0.05, 0.1) is 18.6 Å². The summed E-state index contributed by atoms with van der Waals surface area (Å²) in [5, 5.41) is 13.0. The molecule has 1 heterocycles. The van der Waals surface area contributed by atoms with Crippen LogP contribution in [0.3, 0.4) is 0 Å². The van der Waals surface area contributed by atoms with Crippen molar-refractivity contribution in [2.45, 2.75) is 25.0 Å².